The minimum absolute atomic E-state index is 0. The van der Waals surface area contributed by atoms with Crippen molar-refractivity contribution in [2.24, 2.45) is 10.7 Å². The number of guanidine groups is 1. The molecule has 9 nitrogen and oxygen atoms in total. The standard InChI is InChI=1S/C19H30N4O5.HI/c1-4-27-19(24)23-8-5-14(6-9-23)22-18(20)21-7-10-28-17-12-15(25-2)11-16(13-17)26-3;/h11-14H,4-10H2,1-3H3,(H3,20,21,22);1H. The molecule has 0 aliphatic carbocycles. The Hall–Kier alpha value is -2.11. The lowest BCUT2D eigenvalue weighted by Crippen LogP contribution is -2.48. The Balaban J connectivity index is 0.00000420. The predicted molar refractivity (Wildman–Crippen MR) is 122 cm³/mol. The smallest absolute Gasteiger partial charge is 0.409 e. The van der Waals surface area contributed by atoms with Crippen molar-refractivity contribution < 1.29 is 23.7 Å². The molecule has 1 fully saturated rings. The molecule has 0 radical (unpaired) electrons. The average Bonchev–Trinajstić information content (AvgIpc) is 2.71. The number of nitrogens with two attached hydrogens (primary N) is 1. The van der Waals surface area contributed by atoms with Crippen LogP contribution in [0.4, 0.5) is 4.79 Å². The van der Waals surface area contributed by atoms with Gasteiger partial charge in [0.1, 0.15) is 23.9 Å². The number of rotatable bonds is 8. The van der Waals surface area contributed by atoms with Gasteiger partial charge in [-0.1, -0.05) is 0 Å². The van der Waals surface area contributed by atoms with Gasteiger partial charge >= 0.3 is 6.09 Å². The lowest BCUT2D eigenvalue weighted by Gasteiger charge is -2.31. The van der Waals surface area contributed by atoms with E-state index in [9.17, 15) is 4.79 Å². The Kier molecular flexibility index (Phi) is 11.3. The van der Waals surface area contributed by atoms with Crippen LogP contribution < -0.4 is 25.3 Å². The van der Waals surface area contributed by atoms with Gasteiger partial charge in [-0.25, -0.2) is 9.79 Å². The van der Waals surface area contributed by atoms with E-state index in [2.05, 4.69) is 10.3 Å². The van der Waals surface area contributed by atoms with Crippen LogP contribution >= 0.6 is 24.0 Å². The molecule has 164 valence electrons. The molecule has 0 spiro atoms. The van der Waals surface area contributed by atoms with Gasteiger partial charge in [0, 0.05) is 37.3 Å². The van der Waals surface area contributed by atoms with Crippen LogP contribution in [-0.2, 0) is 4.74 Å². The number of carbonyl (C=O) groups is 1. The lowest BCUT2D eigenvalue weighted by atomic mass is 10.1. The molecule has 1 heterocycles. The molecule has 1 aliphatic rings. The zero-order valence-electron chi connectivity index (χ0n) is 17.2. The van der Waals surface area contributed by atoms with Crippen molar-refractivity contribution in [3.63, 3.8) is 0 Å². The highest BCUT2D eigenvalue weighted by molar-refractivity contribution is 14.0. The molecule has 1 amide bonds. The normalized spacial score (nSPS) is 14.6. The molecule has 1 aromatic rings. The predicted octanol–water partition coefficient (Wildman–Crippen LogP) is 2.23. The Bertz CT molecular complexity index is 644. The summed E-state index contributed by atoms with van der Waals surface area (Å²) in [6.45, 7) is 4.27. The zero-order valence-corrected chi connectivity index (χ0v) is 19.5. The van der Waals surface area contributed by atoms with Gasteiger partial charge in [0.2, 0.25) is 0 Å². The van der Waals surface area contributed by atoms with Crippen LogP contribution in [0.15, 0.2) is 23.2 Å². The third kappa shape index (κ3) is 8.42. The molecule has 1 saturated heterocycles. The highest BCUT2D eigenvalue weighted by Gasteiger charge is 2.23. The fourth-order valence-electron chi connectivity index (χ4n) is 2.87. The summed E-state index contributed by atoms with van der Waals surface area (Å²) in [4.78, 5) is 17.7. The molecule has 10 heteroatoms. The van der Waals surface area contributed by atoms with Gasteiger partial charge in [-0.15, -0.1) is 24.0 Å². The van der Waals surface area contributed by atoms with Crippen LogP contribution in [-0.4, -0.2) is 70.1 Å². The van der Waals surface area contributed by atoms with Gasteiger partial charge in [-0.05, 0) is 19.8 Å². The molecule has 1 aliphatic heterocycles. The molecular weight excluding hydrogens is 491 g/mol. The maximum Gasteiger partial charge on any atom is 0.409 e. The Morgan fingerprint density at radius 1 is 1.17 bits per heavy atom. The number of amides is 1. The molecule has 0 bridgehead atoms. The van der Waals surface area contributed by atoms with Crippen LogP contribution in [0, 0.1) is 0 Å². The first-order chi connectivity index (χ1) is 13.5. The summed E-state index contributed by atoms with van der Waals surface area (Å²) in [6.07, 6.45) is 1.35. The van der Waals surface area contributed by atoms with Gasteiger partial charge in [0.25, 0.3) is 0 Å². The van der Waals surface area contributed by atoms with Crippen molar-refractivity contribution in [2.75, 3.05) is 47.1 Å². The van der Waals surface area contributed by atoms with Crippen molar-refractivity contribution in [2.45, 2.75) is 25.8 Å². The van der Waals surface area contributed by atoms with Crippen molar-refractivity contribution in [1.29, 1.82) is 0 Å². The van der Waals surface area contributed by atoms with Gasteiger partial charge < -0.3 is 34.9 Å². The van der Waals surface area contributed by atoms with E-state index in [4.69, 9.17) is 24.7 Å². The van der Waals surface area contributed by atoms with Crippen molar-refractivity contribution in [3.05, 3.63) is 18.2 Å². The second-order valence-corrected chi connectivity index (χ2v) is 6.27. The summed E-state index contributed by atoms with van der Waals surface area (Å²) >= 11 is 0. The number of aliphatic imine (C=N–C) groups is 1. The number of piperidine rings is 1. The second kappa shape index (κ2) is 13.2. The number of hydrogen-bond acceptors (Lipinski definition) is 6. The SMILES string of the molecule is CCOC(=O)N1CCC(NC(N)=NCCOc2cc(OC)cc(OC)c2)CC1.I. The Labute approximate surface area is 188 Å². The van der Waals surface area contributed by atoms with Gasteiger partial charge in [0.15, 0.2) is 5.96 Å². The molecule has 3 N–H and O–H groups in total. The van der Waals surface area contributed by atoms with Crippen molar-refractivity contribution in [3.8, 4) is 17.2 Å². The van der Waals surface area contributed by atoms with E-state index in [-0.39, 0.29) is 36.1 Å². The first-order valence-electron chi connectivity index (χ1n) is 9.39. The van der Waals surface area contributed by atoms with Crippen LogP contribution in [0.1, 0.15) is 19.8 Å². The second-order valence-electron chi connectivity index (χ2n) is 6.27. The average molecular weight is 522 g/mol. The summed E-state index contributed by atoms with van der Waals surface area (Å²) in [7, 11) is 3.18. The molecule has 0 aromatic heterocycles. The maximum atomic E-state index is 11.7. The number of methoxy groups -OCH3 is 2. The van der Waals surface area contributed by atoms with Crippen LogP contribution in [0.25, 0.3) is 0 Å². The zero-order chi connectivity index (χ0) is 20.4. The van der Waals surface area contributed by atoms with E-state index < -0.39 is 0 Å². The lowest BCUT2D eigenvalue weighted by molar-refractivity contribution is 0.0963. The van der Waals surface area contributed by atoms with E-state index in [1.165, 1.54) is 0 Å². The molecular formula is C19H31IN4O5. The molecule has 1 aromatic carbocycles. The summed E-state index contributed by atoms with van der Waals surface area (Å²) in [6, 6.07) is 5.54. The fourth-order valence-corrected chi connectivity index (χ4v) is 2.87. The number of benzene rings is 1. The molecule has 0 atom stereocenters. The van der Waals surface area contributed by atoms with E-state index in [1.54, 1.807) is 44.2 Å². The highest BCUT2D eigenvalue weighted by atomic mass is 127. The van der Waals surface area contributed by atoms with Gasteiger partial charge in [-0.2, -0.15) is 0 Å². The molecule has 0 saturated carbocycles. The number of carbonyl (C=O) groups excluding carboxylic acids is 1. The number of hydrogen-bond donors (Lipinski definition) is 2. The molecule has 2 rings (SSSR count). The summed E-state index contributed by atoms with van der Waals surface area (Å²) in [5.41, 5.74) is 5.96. The topological polar surface area (TPSA) is 108 Å². The number of ether oxygens (including phenoxy) is 4. The first-order valence-corrected chi connectivity index (χ1v) is 9.39. The number of nitrogens with zero attached hydrogens (tertiary/aromatic N) is 2. The minimum Gasteiger partial charge on any atom is -0.496 e. The quantitative estimate of drug-likeness (QED) is 0.233. The van der Waals surface area contributed by atoms with Gasteiger partial charge in [-0.3, -0.25) is 0 Å². The fraction of sp³-hybridized carbons (Fsp3) is 0.579. The monoisotopic (exact) mass is 522 g/mol. The first kappa shape index (κ1) is 24.9. The van der Waals surface area contributed by atoms with Crippen molar-refractivity contribution >= 4 is 36.0 Å². The number of nitrogens with one attached hydrogen (secondary N) is 1. The van der Waals surface area contributed by atoms with Crippen LogP contribution in [0.5, 0.6) is 17.2 Å². The minimum atomic E-state index is -0.256. The van der Waals surface area contributed by atoms with Crippen LogP contribution in [0.2, 0.25) is 0 Å². The van der Waals surface area contributed by atoms with E-state index in [1.807, 2.05) is 0 Å². The Morgan fingerprint density at radius 2 is 1.76 bits per heavy atom. The van der Waals surface area contributed by atoms with Crippen LogP contribution in [0.3, 0.4) is 0 Å². The van der Waals surface area contributed by atoms with E-state index >= 15 is 0 Å². The van der Waals surface area contributed by atoms with E-state index in [0.717, 1.165) is 12.8 Å². The Morgan fingerprint density at radius 3 is 2.31 bits per heavy atom. The molecule has 0 unspecified atom stereocenters. The van der Waals surface area contributed by atoms with Gasteiger partial charge in [0.05, 0.1) is 27.4 Å². The third-order valence-electron chi connectivity index (χ3n) is 4.34. The van der Waals surface area contributed by atoms with Crippen molar-refractivity contribution in [1.82, 2.24) is 10.2 Å². The third-order valence-corrected chi connectivity index (χ3v) is 4.34. The molecule has 29 heavy (non-hydrogen) atoms. The summed E-state index contributed by atoms with van der Waals surface area (Å²) < 4.78 is 21.1. The summed E-state index contributed by atoms with van der Waals surface area (Å²) in [5.74, 6) is 2.34. The number of halogens is 1. The largest absolute Gasteiger partial charge is 0.496 e. The maximum absolute atomic E-state index is 11.7. The van der Waals surface area contributed by atoms with E-state index in [0.29, 0.717) is 56.1 Å². The number of likely N-dealkylation sites (tertiary alicyclic amines) is 1. The highest BCUT2D eigenvalue weighted by Crippen LogP contribution is 2.27. The summed E-state index contributed by atoms with van der Waals surface area (Å²) in [5, 5.41) is 3.20.